The molecular weight excluding hydrogens is 585 g/mol. The highest BCUT2D eigenvalue weighted by molar-refractivity contribution is 8.00. The number of nitrogens with zero attached hydrogens (tertiary/aromatic N) is 2. The Balaban J connectivity index is 1.16. The maximum absolute atomic E-state index is 13.9. The van der Waals surface area contributed by atoms with E-state index in [2.05, 4.69) is 53.3 Å². The number of aromatic amines is 1. The first-order chi connectivity index (χ1) is 20.8. The van der Waals surface area contributed by atoms with E-state index in [1.807, 2.05) is 0 Å². The minimum absolute atomic E-state index is 0.0106. The van der Waals surface area contributed by atoms with Crippen molar-refractivity contribution in [1.82, 2.24) is 9.88 Å². The van der Waals surface area contributed by atoms with Crippen molar-refractivity contribution < 1.29 is 19.1 Å². The number of hydrogen-bond donors (Lipinski definition) is 2. The van der Waals surface area contributed by atoms with E-state index in [0.717, 1.165) is 40.7 Å². The molecule has 1 aromatic heterocycles. The molecule has 2 aliphatic carbocycles. The standard InChI is InChI=1S/C32H34N4O5S2/c1-4-35(5-2)18-10-6-16(7-11-18)23-24-20-14-21(27(24)42-29-28(23)43-32(40)34-29)26-25(20)30(38)36(31(26)39)15-22(37)33-17-8-12-19(41-3)13-9-17/h6-13,20-21,23-27H,4-5,14-15H2,1-3H3,(H,33,37)(H,34,40)/t20?,21?,23-,24?,25?,26?,27?/m1/s1. The molecule has 224 valence electrons. The molecule has 43 heavy (non-hydrogen) atoms. The first-order valence-corrected chi connectivity index (χ1v) is 16.6. The molecule has 3 heterocycles. The first kappa shape index (κ1) is 28.2. The van der Waals surface area contributed by atoms with Crippen LogP contribution in [0, 0.1) is 29.6 Å². The molecule has 1 saturated heterocycles. The van der Waals surface area contributed by atoms with Crippen LogP contribution in [0.5, 0.6) is 5.75 Å². The van der Waals surface area contributed by atoms with Gasteiger partial charge in [-0.05, 0) is 80.0 Å². The third-order valence-corrected chi connectivity index (χ3v) is 12.5. The van der Waals surface area contributed by atoms with Gasteiger partial charge in [0, 0.05) is 40.5 Å². The molecule has 11 heteroatoms. The Kier molecular flexibility index (Phi) is 7.12. The number of methoxy groups -OCH3 is 1. The number of likely N-dealkylation sites (tertiary alicyclic amines) is 1. The lowest BCUT2D eigenvalue weighted by Gasteiger charge is -2.43. The van der Waals surface area contributed by atoms with E-state index in [1.165, 1.54) is 16.2 Å². The number of carbonyl (C=O) groups excluding carboxylic acids is 3. The monoisotopic (exact) mass is 618 g/mol. The Morgan fingerprint density at radius 3 is 2.33 bits per heavy atom. The number of anilines is 2. The molecule has 6 unspecified atom stereocenters. The van der Waals surface area contributed by atoms with Gasteiger partial charge in [0.1, 0.15) is 12.3 Å². The van der Waals surface area contributed by atoms with Gasteiger partial charge in [-0.1, -0.05) is 23.5 Å². The van der Waals surface area contributed by atoms with Gasteiger partial charge in [-0.25, -0.2) is 0 Å². The fourth-order valence-electron chi connectivity index (χ4n) is 8.11. The predicted octanol–water partition coefficient (Wildman–Crippen LogP) is 4.40. The molecule has 3 aromatic rings. The zero-order valence-electron chi connectivity index (χ0n) is 24.2. The summed E-state index contributed by atoms with van der Waals surface area (Å²) < 4.78 is 5.17. The minimum atomic E-state index is -0.428. The molecule has 2 aromatic carbocycles. The lowest BCUT2D eigenvalue weighted by molar-refractivity contribution is -0.143. The molecule has 0 spiro atoms. The number of thiazole rings is 1. The Bertz CT molecular complexity index is 1630. The summed E-state index contributed by atoms with van der Waals surface area (Å²) in [4.78, 5) is 60.6. The van der Waals surface area contributed by atoms with Gasteiger partial charge in [-0.2, -0.15) is 0 Å². The third-order valence-electron chi connectivity index (χ3n) is 9.87. The van der Waals surface area contributed by atoms with E-state index in [9.17, 15) is 19.2 Å². The van der Waals surface area contributed by atoms with Crippen molar-refractivity contribution in [3.05, 3.63) is 68.6 Å². The number of fused-ring (bicyclic) bond motifs is 9. The van der Waals surface area contributed by atoms with Crippen LogP contribution >= 0.6 is 23.1 Å². The SMILES string of the molecule is CCN(CC)c1ccc([C@H]2c3sc(=O)[nH]c3SC3C4CC(C5C(=O)N(CC(=O)Nc6ccc(OC)cc6)C(=O)C45)C32)cc1. The van der Waals surface area contributed by atoms with Crippen molar-refractivity contribution >= 4 is 52.2 Å². The van der Waals surface area contributed by atoms with Crippen molar-refractivity contribution in [3.63, 3.8) is 0 Å². The van der Waals surface area contributed by atoms with E-state index in [-0.39, 0.29) is 52.2 Å². The first-order valence-electron chi connectivity index (χ1n) is 14.9. The topological polar surface area (TPSA) is 112 Å². The summed E-state index contributed by atoms with van der Waals surface area (Å²) in [7, 11) is 1.57. The van der Waals surface area contributed by atoms with Crippen molar-refractivity contribution in [2.24, 2.45) is 29.6 Å². The molecule has 0 radical (unpaired) electrons. The van der Waals surface area contributed by atoms with Gasteiger partial charge in [-0.3, -0.25) is 24.1 Å². The Hall–Kier alpha value is -3.57. The fourth-order valence-corrected chi connectivity index (χ4v) is 11.0. The van der Waals surface area contributed by atoms with Crippen molar-refractivity contribution in [2.75, 3.05) is 37.0 Å². The number of imide groups is 1. The molecule has 9 nitrogen and oxygen atoms in total. The Labute approximate surface area is 258 Å². The molecule has 7 atom stereocenters. The molecule has 3 fully saturated rings. The molecule has 4 aliphatic rings. The number of benzene rings is 2. The normalized spacial score (nSPS) is 28.4. The van der Waals surface area contributed by atoms with Gasteiger partial charge in [-0.15, -0.1) is 11.8 Å². The van der Waals surface area contributed by atoms with Crippen LogP contribution in [0.1, 0.15) is 36.6 Å². The van der Waals surface area contributed by atoms with Crippen LogP contribution in [0.4, 0.5) is 11.4 Å². The number of hydrogen-bond acceptors (Lipinski definition) is 8. The van der Waals surface area contributed by atoms with Crippen LogP contribution < -0.4 is 19.8 Å². The number of ether oxygens (including phenoxy) is 1. The third kappa shape index (κ3) is 4.50. The molecule has 7 rings (SSSR count). The quantitative estimate of drug-likeness (QED) is 0.360. The minimum Gasteiger partial charge on any atom is -0.497 e. The highest BCUT2D eigenvalue weighted by Crippen LogP contribution is 2.68. The van der Waals surface area contributed by atoms with Gasteiger partial charge in [0.2, 0.25) is 17.7 Å². The zero-order chi connectivity index (χ0) is 30.0. The van der Waals surface area contributed by atoms with Crippen LogP contribution in [0.2, 0.25) is 0 Å². The van der Waals surface area contributed by atoms with E-state index >= 15 is 0 Å². The lowest BCUT2D eigenvalue weighted by Crippen LogP contribution is -2.42. The Morgan fingerprint density at radius 1 is 1.00 bits per heavy atom. The second kappa shape index (κ2) is 10.9. The van der Waals surface area contributed by atoms with Crippen molar-refractivity contribution in [2.45, 2.75) is 36.5 Å². The average molecular weight is 619 g/mol. The van der Waals surface area contributed by atoms with Gasteiger partial charge in [0.15, 0.2) is 0 Å². The number of carbonyl (C=O) groups is 3. The zero-order valence-corrected chi connectivity index (χ0v) is 25.9. The second-order valence-electron chi connectivity index (χ2n) is 11.8. The van der Waals surface area contributed by atoms with E-state index in [1.54, 1.807) is 43.1 Å². The summed E-state index contributed by atoms with van der Waals surface area (Å²) in [6, 6.07) is 15.6. The highest BCUT2D eigenvalue weighted by atomic mass is 32.2. The molecule has 3 amide bonds. The second-order valence-corrected chi connectivity index (χ2v) is 14.0. The number of rotatable bonds is 8. The molecule has 2 saturated carbocycles. The van der Waals surface area contributed by atoms with Gasteiger partial charge < -0.3 is 19.9 Å². The number of aromatic nitrogens is 1. The molecule has 2 bridgehead atoms. The lowest BCUT2D eigenvalue weighted by atomic mass is 9.68. The van der Waals surface area contributed by atoms with Gasteiger partial charge >= 0.3 is 4.87 Å². The van der Waals surface area contributed by atoms with Crippen molar-refractivity contribution in [3.8, 4) is 5.75 Å². The summed E-state index contributed by atoms with van der Waals surface area (Å²) in [5, 5.41) is 3.80. The Morgan fingerprint density at radius 2 is 1.67 bits per heavy atom. The van der Waals surface area contributed by atoms with Crippen LogP contribution in [0.3, 0.4) is 0 Å². The average Bonchev–Trinajstić information content (AvgIpc) is 3.74. The summed E-state index contributed by atoms with van der Waals surface area (Å²) in [5.74, 6) is -0.932. The van der Waals surface area contributed by atoms with Crippen LogP contribution in [0.15, 0.2) is 58.4 Å². The summed E-state index contributed by atoms with van der Waals surface area (Å²) in [6.45, 7) is 5.82. The number of thioether (sulfide) groups is 1. The largest absolute Gasteiger partial charge is 0.497 e. The van der Waals surface area contributed by atoms with Crippen LogP contribution in [0.25, 0.3) is 0 Å². The molecular formula is C32H34N4O5S2. The molecule has 2 N–H and O–H groups in total. The van der Waals surface area contributed by atoms with E-state index < -0.39 is 17.7 Å². The predicted molar refractivity (Wildman–Crippen MR) is 167 cm³/mol. The van der Waals surface area contributed by atoms with Gasteiger partial charge in [0.25, 0.3) is 0 Å². The van der Waals surface area contributed by atoms with Gasteiger partial charge in [0.05, 0.1) is 24.0 Å². The van der Waals surface area contributed by atoms with E-state index in [0.29, 0.717) is 11.4 Å². The fraction of sp³-hybridized carbons (Fsp3) is 0.438. The number of H-pyrrole nitrogens is 1. The van der Waals surface area contributed by atoms with E-state index in [4.69, 9.17) is 4.74 Å². The van der Waals surface area contributed by atoms with Crippen LogP contribution in [-0.4, -0.2) is 59.6 Å². The van der Waals surface area contributed by atoms with Crippen molar-refractivity contribution in [1.29, 1.82) is 0 Å². The maximum Gasteiger partial charge on any atom is 0.305 e. The highest BCUT2D eigenvalue weighted by Gasteiger charge is 2.69. The van der Waals surface area contributed by atoms with Crippen LogP contribution in [-0.2, 0) is 14.4 Å². The molecule has 2 aliphatic heterocycles. The smallest absolute Gasteiger partial charge is 0.305 e. The number of amides is 3. The maximum atomic E-state index is 13.9. The summed E-state index contributed by atoms with van der Waals surface area (Å²) >= 11 is 2.93. The number of nitrogens with one attached hydrogen (secondary N) is 2. The summed E-state index contributed by atoms with van der Waals surface area (Å²) in [6.07, 6.45) is 0.814. The summed E-state index contributed by atoms with van der Waals surface area (Å²) in [5.41, 5.74) is 2.87.